The molecule has 3 rings (SSSR count). The van der Waals surface area contributed by atoms with Gasteiger partial charge in [0.25, 0.3) is 0 Å². The molecule has 3 fully saturated rings. The molecule has 17 N–H and O–H groups in total. The third kappa shape index (κ3) is 31.1. The van der Waals surface area contributed by atoms with Gasteiger partial charge in [0.15, 0.2) is 6.29 Å². The summed E-state index contributed by atoms with van der Waals surface area (Å²) in [5, 5.41) is 152. The number of unbranched alkanes of at least 4 members (excludes halogenated alkanes) is 33. The second-order valence-corrected chi connectivity index (χ2v) is 28.4. The lowest BCUT2D eigenvalue weighted by atomic mass is 9.84. The highest BCUT2D eigenvalue weighted by Crippen LogP contribution is 2.49. The fourth-order valence-corrected chi connectivity index (χ4v) is 13.9. The maximum atomic E-state index is 13.8. The summed E-state index contributed by atoms with van der Waals surface area (Å²) < 4.78 is 57.9. The minimum Gasteiger partial charge on any atom is -0.390 e. The Labute approximate surface area is 534 Å². The van der Waals surface area contributed by atoms with Crippen LogP contribution in [-0.2, 0) is 41.5 Å². The molecule has 1 aliphatic heterocycles. The molecule has 0 bridgehead atoms. The number of hydrogen-bond donors (Lipinski definition) is 17. The van der Waals surface area contributed by atoms with E-state index in [1.807, 2.05) is 0 Å². The number of amides is 1. The highest BCUT2D eigenvalue weighted by molar-refractivity contribution is 7.47. The van der Waals surface area contributed by atoms with Crippen LogP contribution in [0.5, 0.6) is 0 Å². The Morgan fingerprint density at radius 2 is 0.733 bits per heavy atom. The van der Waals surface area contributed by atoms with E-state index in [9.17, 15) is 95.2 Å². The van der Waals surface area contributed by atoms with Crippen LogP contribution >= 0.6 is 15.6 Å². The normalized spacial score (nSPS) is 31.4. The molecule has 2 saturated carbocycles. The largest absolute Gasteiger partial charge is 0.472 e. The molecule has 0 spiro atoms. The van der Waals surface area contributed by atoms with Gasteiger partial charge in [0.1, 0.15) is 104 Å². The predicted octanol–water partition coefficient (Wildman–Crippen LogP) is 5.14. The smallest absolute Gasteiger partial charge is 0.390 e. The number of carbonyl (C=O) groups excluding carboxylic acids is 1. The zero-order valence-corrected chi connectivity index (χ0v) is 55.6. The van der Waals surface area contributed by atoms with Gasteiger partial charge in [-0.1, -0.05) is 232 Å². The third-order valence-corrected chi connectivity index (χ3v) is 19.9. The summed E-state index contributed by atoms with van der Waals surface area (Å²) in [5.74, 6) is -0.548. The molecule has 534 valence electrons. The van der Waals surface area contributed by atoms with Gasteiger partial charge in [-0.2, -0.15) is 0 Å². The van der Waals surface area contributed by atoms with E-state index < -0.39 is 157 Å². The molecular formula is C62H121NO25P2. The maximum Gasteiger partial charge on any atom is 0.472 e. The van der Waals surface area contributed by atoms with Gasteiger partial charge in [-0.05, 0) is 12.8 Å². The first-order chi connectivity index (χ1) is 42.9. The Morgan fingerprint density at radius 1 is 0.411 bits per heavy atom. The number of phosphoric acid groups is 2. The maximum absolute atomic E-state index is 13.8. The molecule has 1 amide bonds. The summed E-state index contributed by atoms with van der Waals surface area (Å²) in [6, 6.07) is -1.51. The second-order valence-electron chi connectivity index (χ2n) is 25.6. The fraction of sp³-hybridized carbons (Fsp3) is 0.984. The van der Waals surface area contributed by atoms with Crippen molar-refractivity contribution in [3.05, 3.63) is 0 Å². The van der Waals surface area contributed by atoms with E-state index >= 15 is 0 Å². The van der Waals surface area contributed by atoms with Crippen molar-refractivity contribution in [3.8, 4) is 0 Å². The molecule has 1 heterocycles. The van der Waals surface area contributed by atoms with Crippen molar-refractivity contribution >= 4 is 21.6 Å². The average Bonchev–Trinajstić information content (AvgIpc) is 1.06. The summed E-state index contributed by atoms with van der Waals surface area (Å²) in [4.78, 5) is 35.0. The lowest BCUT2D eigenvalue weighted by Gasteiger charge is -2.47. The first-order valence-corrected chi connectivity index (χ1v) is 37.3. The summed E-state index contributed by atoms with van der Waals surface area (Å²) >= 11 is 0. The van der Waals surface area contributed by atoms with E-state index in [0.29, 0.717) is 12.8 Å². The van der Waals surface area contributed by atoms with Crippen LogP contribution in [0.4, 0.5) is 0 Å². The fourth-order valence-electron chi connectivity index (χ4n) is 12.0. The minimum atomic E-state index is -5.61. The van der Waals surface area contributed by atoms with E-state index in [1.165, 1.54) is 148 Å². The second kappa shape index (κ2) is 46.3. The Balaban J connectivity index is 1.59. The Hall–Kier alpha value is -0.950. The topological polar surface area (TPSA) is 442 Å². The average molecular weight is 1340 g/mol. The lowest BCUT2D eigenvalue weighted by molar-refractivity contribution is -0.337. The molecule has 1 saturated heterocycles. The molecule has 26 nitrogen and oxygen atoms in total. The van der Waals surface area contributed by atoms with E-state index in [1.54, 1.807) is 0 Å². The van der Waals surface area contributed by atoms with Crippen LogP contribution in [0.2, 0.25) is 0 Å². The molecular weight excluding hydrogens is 1220 g/mol. The summed E-state index contributed by atoms with van der Waals surface area (Å²) in [6.45, 7) is 2.22. The van der Waals surface area contributed by atoms with Gasteiger partial charge in [0.05, 0.1) is 25.4 Å². The standard InChI is InChI=1S/C62H121NO25P2/c1-3-5-7-9-11-13-15-17-19-20-21-22-23-24-25-27-29-31-33-35-37-39-45(65)63-42(46(66)43(64)38-36-34-32-30-28-26-18-16-14-12-10-8-6-4-2)40-83-89(79,80)88-61-57(77)53(73)52(72)56(76)60(61)86-62-58(78)48(68)47(67)44(85-62)41-84-90(81,82)87-59-54(74)50(70)49(69)51(71)55(59)75/h42-44,46-62,64,66-78H,3-41H2,1-2H3,(H,63,65)(H,79,80)(H,81,82)/t42-,43?,44+,46-,47+,48-,49?,50-,51+,52+,53+,54+,55+,56-,57+,58-,59?,60+,61+,62?/m0/s1. The zero-order valence-electron chi connectivity index (χ0n) is 53.8. The number of phosphoric ester groups is 2. The first kappa shape index (κ1) is 83.3. The molecule has 0 aromatic rings. The number of nitrogens with one attached hydrogen (secondary N) is 1. The van der Waals surface area contributed by atoms with E-state index in [-0.39, 0.29) is 12.8 Å². The predicted molar refractivity (Wildman–Crippen MR) is 333 cm³/mol. The van der Waals surface area contributed by atoms with E-state index in [0.717, 1.165) is 64.2 Å². The lowest BCUT2D eigenvalue weighted by Crippen LogP contribution is -2.67. The highest BCUT2D eigenvalue weighted by Gasteiger charge is 2.56. The molecule has 0 radical (unpaired) electrons. The van der Waals surface area contributed by atoms with Crippen LogP contribution in [0.3, 0.4) is 0 Å². The van der Waals surface area contributed by atoms with Gasteiger partial charge in [-0.3, -0.25) is 22.9 Å². The molecule has 0 aromatic carbocycles. The SMILES string of the molecule is CCCCCCCCCCCCCCCCCCCCCCCC(=O)N[C@@H](COP(=O)(O)O[C@@H]1[C@H](O)[C@H](O)[C@@H](O)[C@H](O)[C@H]1OC1O[C@H](COP(=O)(O)OC2[C@H](O)[C@H](O)C(O)[C@H](O)[C@H]2O)[C@@H](O)[C@H](O)[C@@H]1O)[C@H](O)C(O)CCCCCCCCCCCCCCCC. The van der Waals surface area contributed by atoms with Crippen LogP contribution < -0.4 is 5.32 Å². The van der Waals surface area contributed by atoms with Crippen molar-refractivity contribution in [1.29, 1.82) is 0 Å². The molecule has 2 aliphatic carbocycles. The Kier molecular flexibility index (Phi) is 42.8. The van der Waals surface area contributed by atoms with Crippen molar-refractivity contribution in [1.82, 2.24) is 5.32 Å². The van der Waals surface area contributed by atoms with E-state index in [4.69, 9.17) is 27.6 Å². The molecule has 6 unspecified atom stereocenters. The molecule has 90 heavy (non-hydrogen) atoms. The molecule has 22 atom stereocenters. The zero-order chi connectivity index (χ0) is 66.7. The van der Waals surface area contributed by atoms with Crippen LogP contribution in [0.1, 0.15) is 251 Å². The van der Waals surface area contributed by atoms with Crippen LogP contribution in [0.15, 0.2) is 0 Å². The molecule has 28 heteroatoms. The Morgan fingerprint density at radius 3 is 1.14 bits per heavy atom. The number of ether oxygens (including phenoxy) is 2. The monoisotopic (exact) mass is 1340 g/mol. The number of aliphatic hydroxyl groups is 14. The summed E-state index contributed by atoms with van der Waals surface area (Å²) in [6.07, 6.45) is -0.752. The van der Waals surface area contributed by atoms with Gasteiger partial charge in [-0.15, -0.1) is 0 Å². The Bertz CT molecular complexity index is 1920. The van der Waals surface area contributed by atoms with Gasteiger partial charge in [0.2, 0.25) is 5.91 Å². The number of hydrogen-bond acceptors (Lipinski definition) is 23. The van der Waals surface area contributed by atoms with Crippen molar-refractivity contribution in [2.24, 2.45) is 0 Å². The summed E-state index contributed by atoms with van der Waals surface area (Å²) in [7, 11) is -11.1. The minimum absolute atomic E-state index is 0.0212. The van der Waals surface area contributed by atoms with Gasteiger partial charge in [0, 0.05) is 6.42 Å². The van der Waals surface area contributed by atoms with Crippen LogP contribution in [0.25, 0.3) is 0 Å². The van der Waals surface area contributed by atoms with Gasteiger partial charge in [-0.25, -0.2) is 9.13 Å². The number of carbonyl (C=O) groups is 1. The van der Waals surface area contributed by atoms with Crippen LogP contribution in [-0.4, -0.2) is 223 Å². The summed E-state index contributed by atoms with van der Waals surface area (Å²) in [5.41, 5.74) is 0. The number of rotatable bonds is 52. The third-order valence-electron chi connectivity index (χ3n) is 17.9. The van der Waals surface area contributed by atoms with Gasteiger partial charge < -0.3 is 96.1 Å². The van der Waals surface area contributed by atoms with Crippen molar-refractivity contribution < 1.29 is 123 Å². The van der Waals surface area contributed by atoms with Crippen molar-refractivity contribution in [3.63, 3.8) is 0 Å². The quantitative estimate of drug-likeness (QED) is 0.0277. The van der Waals surface area contributed by atoms with E-state index in [2.05, 4.69) is 19.2 Å². The molecule has 0 aromatic heterocycles. The first-order valence-electron chi connectivity index (χ1n) is 34.3. The van der Waals surface area contributed by atoms with Crippen LogP contribution in [0, 0.1) is 0 Å². The van der Waals surface area contributed by atoms with Crippen molar-refractivity contribution in [2.75, 3.05) is 13.2 Å². The van der Waals surface area contributed by atoms with Crippen molar-refractivity contribution in [2.45, 2.75) is 374 Å². The highest BCUT2D eigenvalue weighted by atomic mass is 31.2. The number of aliphatic hydroxyl groups excluding tert-OH is 14. The molecule has 3 aliphatic rings. The van der Waals surface area contributed by atoms with Gasteiger partial charge >= 0.3 is 15.6 Å².